The molecule has 2 aromatic rings. The molecule has 1 amide bonds. The molecule has 0 spiro atoms. The lowest BCUT2D eigenvalue weighted by molar-refractivity contribution is -0.114. The molecule has 1 saturated heterocycles. The number of pyridine rings is 1. The average molecular weight is 415 g/mol. The van der Waals surface area contributed by atoms with Gasteiger partial charge in [-0.3, -0.25) is 9.78 Å². The largest absolute Gasteiger partial charge is 0.324 e. The van der Waals surface area contributed by atoms with E-state index in [9.17, 15) is 17.6 Å². The van der Waals surface area contributed by atoms with Crippen molar-refractivity contribution in [2.24, 2.45) is 0 Å². The topological polar surface area (TPSA) is 91.4 Å². The number of nitrogens with one attached hydrogen (secondary N) is 2. The van der Waals surface area contributed by atoms with Crippen LogP contribution in [0.2, 0.25) is 0 Å². The number of benzene rings is 1. The lowest BCUT2D eigenvalue weighted by Crippen LogP contribution is -2.48. The van der Waals surface area contributed by atoms with Crippen molar-refractivity contribution >= 4 is 34.0 Å². The van der Waals surface area contributed by atoms with Crippen LogP contribution in [0.5, 0.6) is 0 Å². The number of halogens is 2. The summed E-state index contributed by atoms with van der Waals surface area (Å²) in [6, 6.07) is 6.55. The van der Waals surface area contributed by atoms with Gasteiger partial charge in [-0.15, -0.1) is 12.4 Å². The average Bonchev–Trinajstić information content (AvgIpc) is 2.64. The summed E-state index contributed by atoms with van der Waals surface area (Å²) in [7, 11) is -3.89. The van der Waals surface area contributed by atoms with Gasteiger partial charge in [0.2, 0.25) is 15.9 Å². The normalized spacial score (nSPS) is 17.8. The number of carbonyl (C=O) groups excluding carboxylic acids is 1. The number of aromatic nitrogens is 1. The number of anilines is 1. The number of rotatable bonds is 4. The van der Waals surface area contributed by atoms with E-state index >= 15 is 0 Å². The quantitative estimate of drug-likeness (QED) is 0.797. The summed E-state index contributed by atoms with van der Waals surface area (Å²) in [6.07, 6.45) is 3.26. The van der Waals surface area contributed by atoms with Crippen LogP contribution in [0.15, 0.2) is 47.6 Å². The summed E-state index contributed by atoms with van der Waals surface area (Å²) < 4.78 is 41.6. The van der Waals surface area contributed by atoms with Crippen molar-refractivity contribution in [1.29, 1.82) is 0 Å². The van der Waals surface area contributed by atoms with Crippen molar-refractivity contribution in [2.45, 2.75) is 17.9 Å². The monoisotopic (exact) mass is 414 g/mol. The molecule has 7 nitrogen and oxygen atoms in total. The zero-order valence-corrected chi connectivity index (χ0v) is 16.2. The van der Waals surface area contributed by atoms with Gasteiger partial charge in [0.1, 0.15) is 5.82 Å². The molecule has 3 rings (SSSR count). The number of sulfonamides is 1. The number of nitrogens with zero attached hydrogens (tertiary/aromatic N) is 2. The Kier molecular flexibility index (Phi) is 6.88. The van der Waals surface area contributed by atoms with Gasteiger partial charge in [0.15, 0.2) is 0 Å². The number of hydrogen-bond donors (Lipinski definition) is 2. The van der Waals surface area contributed by atoms with Crippen LogP contribution in [-0.2, 0) is 14.8 Å². The van der Waals surface area contributed by atoms with Crippen molar-refractivity contribution in [3.05, 3.63) is 54.1 Å². The van der Waals surface area contributed by atoms with Gasteiger partial charge >= 0.3 is 0 Å². The molecule has 1 aliphatic heterocycles. The molecule has 2 N–H and O–H groups in total. The predicted octanol–water partition coefficient (Wildman–Crippen LogP) is 1.94. The van der Waals surface area contributed by atoms with Gasteiger partial charge in [0, 0.05) is 39.0 Å². The molecule has 0 bridgehead atoms. The first-order valence-electron chi connectivity index (χ1n) is 8.09. The summed E-state index contributed by atoms with van der Waals surface area (Å²) in [5.74, 6) is -1.17. The third-order valence-corrected chi connectivity index (χ3v) is 6.02. The Morgan fingerprint density at radius 1 is 1.37 bits per heavy atom. The third kappa shape index (κ3) is 4.62. The molecule has 1 fully saturated rings. The minimum atomic E-state index is -3.89. The standard InChI is InChI=1S/C17H19FN4O3S.ClH/c1-12(23)21-16-9-14(4-5-15(16)18)26(24,25)22-8-7-20-11-17(22)13-3-2-6-19-10-13;/h2-6,9-10,17,20H,7-8,11H2,1H3,(H,21,23);1H. The Balaban J connectivity index is 0.00000261. The molecule has 1 atom stereocenters. The van der Waals surface area contributed by atoms with E-state index in [1.807, 2.05) is 6.07 Å². The highest BCUT2D eigenvalue weighted by atomic mass is 35.5. The zero-order chi connectivity index (χ0) is 18.7. The highest BCUT2D eigenvalue weighted by molar-refractivity contribution is 7.89. The van der Waals surface area contributed by atoms with E-state index in [1.165, 1.54) is 17.3 Å². The molecule has 1 aliphatic rings. The summed E-state index contributed by atoms with van der Waals surface area (Å²) in [4.78, 5) is 15.2. The van der Waals surface area contributed by atoms with E-state index in [1.54, 1.807) is 18.5 Å². The molecule has 0 saturated carbocycles. The maximum absolute atomic E-state index is 13.9. The van der Waals surface area contributed by atoms with Crippen LogP contribution in [0, 0.1) is 5.82 Å². The molecule has 2 heterocycles. The van der Waals surface area contributed by atoms with Crippen LogP contribution in [-0.4, -0.2) is 43.2 Å². The van der Waals surface area contributed by atoms with E-state index in [-0.39, 0.29) is 29.5 Å². The predicted molar refractivity (Wildman–Crippen MR) is 102 cm³/mol. The van der Waals surface area contributed by atoms with Crippen LogP contribution >= 0.6 is 12.4 Å². The highest BCUT2D eigenvalue weighted by Crippen LogP contribution is 2.30. The fourth-order valence-corrected chi connectivity index (χ4v) is 4.56. The summed E-state index contributed by atoms with van der Waals surface area (Å²) in [5, 5.41) is 5.49. The maximum atomic E-state index is 13.9. The molecule has 27 heavy (non-hydrogen) atoms. The number of piperazine rings is 1. The third-order valence-electron chi connectivity index (χ3n) is 4.12. The lowest BCUT2D eigenvalue weighted by atomic mass is 10.1. The second-order valence-electron chi connectivity index (χ2n) is 5.94. The number of amides is 1. The first-order chi connectivity index (χ1) is 12.4. The van der Waals surface area contributed by atoms with E-state index in [2.05, 4.69) is 15.6 Å². The number of carbonyl (C=O) groups is 1. The molecule has 146 valence electrons. The van der Waals surface area contributed by atoms with Gasteiger partial charge in [0.25, 0.3) is 0 Å². The smallest absolute Gasteiger partial charge is 0.243 e. The Bertz CT molecular complexity index is 912. The summed E-state index contributed by atoms with van der Waals surface area (Å²) in [5.41, 5.74) is 0.610. The molecule has 1 aromatic carbocycles. The molecule has 10 heteroatoms. The zero-order valence-electron chi connectivity index (χ0n) is 14.6. The SMILES string of the molecule is CC(=O)Nc1cc(S(=O)(=O)N2CCNCC2c2cccnc2)ccc1F.Cl. The molecular weight excluding hydrogens is 395 g/mol. The van der Waals surface area contributed by atoms with Crippen molar-refractivity contribution < 1.29 is 17.6 Å². The van der Waals surface area contributed by atoms with Gasteiger partial charge in [0.05, 0.1) is 16.6 Å². The number of hydrogen-bond acceptors (Lipinski definition) is 5. The van der Waals surface area contributed by atoms with Gasteiger partial charge in [-0.2, -0.15) is 4.31 Å². The van der Waals surface area contributed by atoms with Gasteiger partial charge in [-0.05, 0) is 29.8 Å². The van der Waals surface area contributed by atoms with Crippen molar-refractivity contribution in [1.82, 2.24) is 14.6 Å². The van der Waals surface area contributed by atoms with E-state index < -0.39 is 27.8 Å². The fraction of sp³-hybridized carbons (Fsp3) is 0.294. The molecule has 1 aromatic heterocycles. The second kappa shape index (κ2) is 8.75. The van der Waals surface area contributed by atoms with Crippen molar-refractivity contribution in [3.63, 3.8) is 0 Å². The van der Waals surface area contributed by atoms with Crippen LogP contribution in [0.4, 0.5) is 10.1 Å². The second-order valence-corrected chi connectivity index (χ2v) is 7.84. The van der Waals surface area contributed by atoms with E-state index in [4.69, 9.17) is 0 Å². The van der Waals surface area contributed by atoms with Crippen LogP contribution in [0.3, 0.4) is 0 Å². The van der Waals surface area contributed by atoms with Crippen molar-refractivity contribution in [2.75, 3.05) is 25.0 Å². The maximum Gasteiger partial charge on any atom is 0.243 e. The summed E-state index contributed by atoms with van der Waals surface area (Å²) >= 11 is 0. The van der Waals surface area contributed by atoms with E-state index in [0.717, 1.165) is 17.7 Å². The first kappa shape index (κ1) is 21.2. The Hall–Kier alpha value is -2.07. The van der Waals surface area contributed by atoms with Crippen molar-refractivity contribution in [3.8, 4) is 0 Å². The Morgan fingerprint density at radius 3 is 2.81 bits per heavy atom. The fourth-order valence-electron chi connectivity index (χ4n) is 2.92. The molecule has 0 radical (unpaired) electrons. The minimum Gasteiger partial charge on any atom is -0.324 e. The van der Waals surface area contributed by atoms with Crippen LogP contribution in [0.25, 0.3) is 0 Å². The van der Waals surface area contributed by atoms with Gasteiger partial charge in [-0.25, -0.2) is 12.8 Å². The molecular formula is C17H20ClFN4O3S. The van der Waals surface area contributed by atoms with Gasteiger partial charge in [-0.1, -0.05) is 6.07 Å². The van der Waals surface area contributed by atoms with E-state index in [0.29, 0.717) is 13.1 Å². The highest BCUT2D eigenvalue weighted by Gasteiger charge is 2.34. The first-order valence-corrected chi connectivity index (χ1v) is 9.53. The Morgan fingerprint density at radius 2 is 2.15 bits per heavy atom. The minimum absolute atomic E-state index is 0. The van der Waals surface area contributed by atoms with Gasteiger partial charge < -0.3 is 10.6 Å². The lowest BCUT2D eigenvalue weighted by Gasteiger charge is -2.35. The molecule has 1 unspecified atom stereocenters. The van der Waals surface area contributed by atoms with Crippen LogP contribution in [0.1, 0.15) is 18.5 Å². The summed E-state index contributed by atoms with van der Waals surface area (Å²) in [6.45, 7) is 2.46. The Labute approximate surface area is 163 Å². The van der Waals surface area contributed by atoms with Crippen LogP contribution < -0.4 is 10.6 Å². The molecule has 0 aliphatic carbocycles.